The van der Waals surface area contributed by atoms with Gasteiger partial charge in [0.25, 0.3) is 0 Å². The van der Waals surface area contributed by atoms with Crippen LogP contribution in [-0.4, -0.2) is 24.8 Å². The van der Waals surface area contributed by atoms with Crippen molar-refractivity contribution in [3.8, 4) is 0 Å². The van der Waals surface area contributed by atoms with Crippen LogP contribution in [0.5, 0.6) is 0 Å². The summed E-state index contributed by atoms with van der Waals surface area (Å²) in [7, 11) is -2.21. The maximum absolute atomic E-state index is 11.3. The lowest BCUT2D eigenvalue weighted by atomic mass is 10.2. The Balaban J connectivity index is 2.48. The zero-order valence-corrected chi connectivity index (χ0v) is 8.04. The zero-order chi connectivity index (χ0) is 8.97. The lowest BCUT2D eigenvalue weighted by molar-refractivity contribution is -0.146. The van der Waals surface area contributed by atoms with Gasteiger partial charge in [-0.2, -0.15) is 0 Å². The average molecular weight is 192 g/mol. The zero-order valence-electron chi connectivity index (χ0n) is 7.04. The van der Waals surface area contributed by atoms with E-state index < -0.39 is 13.7 Å². The summed E-state index contributed by atoms with van der Waals surface area (Å²) in [6.45, 7) is 2.61. The molecule has 1 aliphatic heterocycles. The molecule has 0 spiro atoms. The summed E-state index contributed by atoms with van der Waals surface area (Å²) in [5, 5.41) is 0. The van der Waals surface area contributed by atoms with Gasteiger partial charge < -0.3 is 9.26 Å². The van der Waals surface area contributed by atoms with Crippen molar-refractivity contribution in [1.82, 2.24) is 0 Å². The van der Waals surface area contributed by atoms with Gasteiger partial charge in [-0.05, 0) is 19.8 Å². The minimum Gasteiger partial charge on any atom is -0.465 e. The van der Waals surface area contributed by atoms with E-state index in [0.717, 1.165) is 6.42 Å². The summed E-state index contributed by atoms with van der Waals surface area (Å²) >= 11 is 0. The Labute approximate surface area is 72.1 Å². The number of cyclic esters (lactones) is 1. The summed E-state index contributed by atoms with van der Waals surface area (Å²) in [5.41, 5.74) is -0.497. The van der Waals surface area contributed by atoms with Crippen LogP contribution in [0.3, 0.4) is 0 Å². The number of ether oxygens (including phenoxy) is 1. The Morgan fingerprint density at radius 3 is 3.08 bits per heavy atom. The summed E-state index contributed by atoms with van der Waals surface area (Å²) in [6.07, 6.45) is 1.43. The first-order valence-electron chi connectivity index (χ1n) is 4.09. The van der Waals surface area contributed by atoms with Crippen molar-refractivity contribution in [2.45, 2.75) is 25.4 Å². The molecule has 70 valence electrons. The van der Waals surface area contributed by atoms with Crippen molar-refractivity contribution in [3.05, 3.63) is 0 Å². The Kier molecular flexibility index (Phi) is 3.76. The highest BCUT2D eigenvalue weighted by molar-refractivity contribution is 7.41. The van der Waals surface area contributed by atoms with E-state index in [0.29, 0.717) is 19.6 Å². The van der Waals surface area contributed by atoms with E-state index in [4.69, 9.17) is 9.26 Å². The summed E-state index contributed by atoms with van der Waals surface area (Å²) < 4.78 is 20.9. The number of esters is 1. The number of carbonyl (C=O) groups is 1. The van der Waals surface area contributed by atoms with Gasteiger partial charge in [0.05, 0.1) is 13.2 Å². The molecule has 1 heterocycles. The quantitative estimate of drug-likeness (QED) is 0.498. The summed E-state index contributed by atoms with van der Waals surface area (Å²) in [4.78, 5) is 11.0. The maximum Gasteiger partial charge on any atom is 0.318 e. The lowest BCUT2D eigenvalue weighted by Gasteiger charge is -2.19. The monoisotopic (exact) mass is 192 g/mol. The fraction of sp³-hybridized carbons (Fsp3) is 0.857. The first-order chi connectivity index (χ1) is 5.75. The molecular formula is C7H13O4P. The molecule has 1 saturated heterocycles. The van der Waals surface area contributed by atoms with E-state index in [-0.39, 0.29) is 5.97 Å². The molecule has 2 atom stereocenters. The van der Waals surface area contributed by atoms with Gasteiger partial charge in [0.15, 0.2) is 0 Å². The molecule has 4 nitrogen and oxygen atoms in total. The van der Waals surface area contributed by atoms with Crippen LogP contribution in [0.15, 0.2) is 0 Å². The largest absolute Gasteiger partial charge is 0.465 e. The second-order valence-electron chi connectivity index (χ2n) is 2.61. The Morgan fingerprint density at radius 1 is 1.75 bits per heavy atom. The van der Waals surface area contributed by atoms with E-state index >= 15 is 0 Å². The second-order valence-corrected chi connectivity index (χ2v) is 4.24. The Morgan fingerprint density at radius 2 is 2.50 bits per heavy atom. The summed E-state index contributed by atoms with van der Waals surface area (Å²) in [5.74, 6) is -0.362. The molecule has 1 rings (SSSR count). The van der Waals surface area contributed by atoms with Crippen LogP contribution >= 0.6 is 8.03 Å². The minimum absolute atomic E-state index is 0.362. The highest BCUT2D eigenvalue weighted by Crippen LogP contribution is 2.35. The molecule has 1 aliphatic rings. The van der Waals surface area contributed by atoms with Crippen LogP contribution in [-0.2, 0) is 18.6 Å². The van der Waals surface area contributed by atoms with Crippen molar-refractivity contribution < 1.29 is 18.6 Å². The van der Waals surface area contributed by atoms with Crippen LogP contribution in [0, 0.1) is 0 Å². The number of rotatable bonds is 3. The molecule has 12 heavy (non-hydrogen) atoms. The second kappa shape index (κ2) is 4.63. The van der Waals surface area contributed by atoms with Gasteiger partial charge in [0.1, 0.15) is 5.66 Å². The van der Waals surface area contributed by atoms with Crippen LogP contribution in [0.4, 0.5) is 0 Å². The molecule has 0 radical (unpaired) electrons. The molecule has 0 aliphatic carbocycles. The van der Waals surface area contributed by atoms with Gasteiger partial charge >= 0.3 is 5.97 Å². The molecule has 1 fully saturated rings. The highest BCUT2D eigenvalue weighted by atomic mass is 31.1. The van der Waals surface area contributed by atoms with Crippen LogP contribution < -0.4 is 0 Å². The van der Waals surface area contributed by atoms with Gasteiger partial charge in [-0.3, -0.25) is 9.36 Å². The van der Waals surface area contributed by atoms with Crippen molar-refractivity contribution in [1.29, 1.82) is 0 Å². The van der Waals surface area contributed by atoms with Crippen LogP contribution in [0.2, 0.25) is 0 Å². The van der Waals surface area contributed by atoms with E-state index in [2.05, 4.69) is 0 Å². The van der Waals surface area contributed by atoms with Crippen molar-refractivity contribution in [2.75, 3.05) is 13.2 Å². The molecule has 0 saturated carbocycles. The molecule has 0 aromatic rings. The number of hydrogen-bond acceptors (Lipinski definition) is 4. The lowest BCUT2D eigenvalue weighted by Crippen LogP contribution is -2.26. The molecule has 0 bridgehead atoms. The highest BCUT2D eigenvalue weighted by Gasteiger charge is 2.29. The summed E-state index contributed by atoms with van der Waals surface area (Å²) in [6, 6.07) is 0. The molecular weight excluding hydrogens is 179 g/mol. The van der Waals surface area contributed by atoms with Crippen LogP contribution in [0.25, 0.3) is 0 Å². The van der Waals surface area contributed by atoms with Crippen molar-refractivity contribution >= 4 is 14.0 Å². The molecule has 0 aromatic carbocycles. The standard InChI is InChI=1S/C7H13O4P/c1-2-11-12(9)6-4-3-5-10-7(6)8/h6,12H,2-5H2,1H3. The number of carbonyl (C=O) groups excluding carboxylic acids is 1. The Hall–Kier alpha value is -0.340. The molecule has 5 heteroatoms. The first kappa shape index (κ1) is 9.75. The van der Waals surface area contributed by atoms with Crippen LogP contribution in [0.1, 0.15) is 19.8 Å². The van der Waals surface area contributed by atoms with Gasteiger partial charge in [0, 0.05) is 0 Å². The fourth-order valence-electron chi connectivity index (χ4n) is 1.14. The topological polar surface area (TPSA) is 52.6 Å². The van der Waals surface area contributed by atoms with E-state index in [1.165, 1.54) is 0 Å². The average Bonchev–Trinajstić information content (AvgIpc) is 2.05. The molecule has 2 unspecified atom stereocenters. The van der Waals surface area contributed by atoms with Gasteiger partial charge in [-0.25, -0.2) is 0 Å². The first-order valence-corrected chi connectivity index (χ1v) is 5.48. The predicted octanol–water partition coefficient (Wildman–Crippen LogP) is 1.20. The smallest absolute Gasteiger partial charge is 0.318 e. The normalized spacial score (nSPS) is 26.4. The third kappa shape index (κ3) is 2.32. The fourth-order valence-corrected chi connectivity index (χ4v) is 2.34. The van der Waals surface area contributed by atoms with E-state index in [1.807, 2.05) is 0 Å². The third-order valence-corrected chi connectivity index (χ3v) is 3.40. The van der Waals surface area contributed by atoms with Gasteiger partial charge in [0.2, 0.25) is 8.03 Å². The minimum atomic E-state index is -2.21. The predicted molar refractivity (Wildman–Crippen MR) is 44.6 cm³/mol. The van der Waals surface area contributed by atoms with Crippen molar-refractivity contribution in [3.63, 3.8) is 0 Å². The molecule has 0 aromatic heterocycles. The SMILES string of the molecule is CCO[PH](=O)C1CCCOC1=O. The third-order valence-electron chi connectivity index (χ3n) is 1.74. The Bertz CT molecular complexity index is 192. The van der Waals surface area contributed by atoms with E-state index in [9.17, 15) is 9.36 Å². The van der Waals surface area contributed by atoms with Crippen molar-refractivity contribution in [2.24, 2.45) is 0 Å². The molecule has 0 amide bonds. The van der Waals surface area contributed by atoms with Gasteiger partial charge in [-0.15, -0.1) is 0 Å². The number of hydrogen-bond donors (Lipinski definition) is 0. The van der Waals surface area contributed by atoms with Gasteiger partial charge in [-0.1, -0.05) is 0 Å². The molecule has 0 N–H and O–H groups in total. The van der Waals surface area contributed by atoms with E-state index in [1.54, 1.807) is 6.92 Å². The maximum atomic E-state index is 11.3.